The van der Waals surface area contributed by atoms with Crippen LogP contribution in [0.15, 0.2) is 60.7 Å². The minimum absolute atomic E-state index is 0.0417. The third-order valence-corrected chi connectivity index (χ3v) is 8.90. The molecule has 0 aromatic heterocycles. The summed E-state index contributed by atoms with van der Waals surface area (Å²) in [4.78, 5) is 54.7. The zero-order chi connectivity index (χ0) is 24.7. The standard InChI is InChI=1S/C28H23ClN2O5/c29-21-3-1-2-4-22(21)30-13-14(11-23(30)32)28(35)36-16-7-5-15(6-8-16)31-26(33)24-17-9-10-18(20-12-19(17)20)25(24)27(31)34/h1-10,14,17-20,24-25H,11-13H2/t14-,17+,18+,19-,20+,24-,25+/m1/s1. The van der Waals surface area contributed by atoms with Crippen LogP contribution in [-0.2, 0) is 19.2 Å². The fourth-order valence-electron chi connectivity index (χ4n) is 6.84. The van der Waals surface area contributed by atoms with E-state index in [0.29, 0.717) is 34.0 Å². The molecule has 36 heavy (non-hydrogen) atoms. The second-order valence-electron chi connectivity index (χ2n) is 10.4. The number of rotatable bonds is 4. The Morgan fingerprint density at radius 2 is 1.53 bits per heavy atom. The molecule has 2 heterocycles. The summed E-state index contributed by atoms with van der Waals surface area (Å²) in [5, 5.41) is 0.446. The summed E-state index contributed by atoms with van der Waals surface area (Å²) in [5.74, 6) is -0.318. The van der Waals surface area contributed by atoms with E-state index in [0.717, 1.165) is 6.42 Å². The molecule has 6 aliphatic rings. The Hall–Kier alpha value is -3.45. The highest BCUT2D eigenvalue weighted by Crippen LogP contribution is 2.65. The number of hydrogen-bond acceptors (Lipinski definition) is 5. The molecule has 8 heteroatoms. The van der Waals surface area contributed by atoms with Gasteiger partial charge in [0, 0.05) is 13.0 Å². The molecule has 4 fully saturated rings. The number of carbonyl (C=O) groups is 4. The van der Waals surface area contributed by atoms with E-state index in [2.05, 4.69) is 12.2 Å². The van der Waals surface area contributed by atoms with Gasteiger partial charge in [0.05, 0.1) is 34.2 Å². The van der Waals surface area contributed by atoms with E-state index in [-0.39, 0.29) is 54.4 Å². The van der Waals surface area contributed by atoms with E-state index in [1.807, 2.05) is 0 Å². The van der Waals surface area contributed by atoms with Crippen LogP contribution >= 0.6 is 11.6 Å². The summed E-state index contributed by atoms with van der Waals surface area (Å²) in [7, 11) is 0. The van der Waals surface area contributed by atoms with Crippen molar-refractivity contribution < 1.29 is 23.9 Å². The number of esters is 1. The molecule has 4 aliphatic carbocycles. The van der Waals surface area contributed by atoms with Crippen LogP contribution in [0.5, 0.6) is 5.75 Å². The lowest BCUT2D eigenvalue weighted by Gasteiger charge is -2.37. The molecule has 2 aromatic rings. The molecule has 2 saturated carbocycles. The van der Waals surface area contributed by atoms with Gasteiger partial charge in [-0.2, -0.15) is 0 Å². The van der Waals surface area contributed by atoms with E-state index in [1.165, 1.54) is 9.80 Å². The molecule has 7 nitrogen and oxygen atoms in total. The number of hydrogen-bond donors (Lipinski definition) is 0. The summed E-state index contributed by atoms with van der Waals surface area (Å²) < 4.78 is 5.54. The summed E-state index contributed by atoms with van der Waals surface area (Å²) in [6, 6.07) is 13.5. The molecule has 2 aliphatic heterocycles. The zero-order valence-corrected chi connectivity index (χ0v) is 20.0. The van der Waals surface area contributed by atoms with Crippen molar-refractivity contribution in [2.45, 2.75) is 12.8 Å². The lowest BCUT2D eigenvalue weighted by atomic mass is 9.63. The van der Waals surface area contributed by atoms with Crippen molar-refractivity contribution in [2.24, 2.45) is 41.4 Å². The average Bonchev–Trinajstić information content (AvgIpc) is 3.56. The van der Waals surface area contributed by atoms with Gasteiger partial charge in [-0.05, 0) is 66.5 Å². The number of benzene rings is 2. The number of halogens is 1. The predicted molar refractivity (Wildman–Crippen MR) is 131 cm³/mol. The maximum atomic E-state index is 13.3. The van der Waals surface area contributed by atoms with Crippen molar-refractivity contribution in [1.29, 1.82) is 0 Å². The van der Waals surface area contributed by atoms with Gasteiger partial charge in [-0.3, -0.25) is 24.1 Å². The number of amides is 3. The largest absolute Gasteiger partial charge is 0.426 e. The molecule has 3 amide bonds. The molecule has 0 unspecified atom stereocenters. The molecule has 2 aromatic carbocycles. The Kier molecular flexibility index (Phi) is 4.71. The number of carbonyl (C=O) groups excluding carboxylic acids is 4. The summed E-state index contributed by atoms with van der Waals surface area (Å²) >= 11 is 6.22. The summed E-state index contributed by atoms with van der Waals surface area (Å²) in [6.45, 7) is 0.192. The third-order valence-electron chi connectivity index (χ3n) is 8.58. The van der Waals surface area contributed by atoms with Crippen molar-refractivity contribution in [2.75, 3.05) is 16.3 Å². The fourth-order valence-corrected chi connectivity index (χ4v) is 7.08. The van der Waals surface area contributed by atoms with Gasteiger partial charge >= 0.3 is 5.97 Å². The van der Waals surface area contributed by atoms with E-state index < -0.39 is 11.9 Å². The Morgan fingerprint density at radius 1 is 0.889 bits per heavy atom. The highest BCUT2D eigenvalue weighted by molar-refractivity contribution is 6.34. The Balaban J connectivity index is 1.04. The Bertz CT molecular complexity index is 1320. The molecule has 7 atom stereocenters. The van der Waals surface area contributed by atoms with Gasteiger partial charge in [-0.25, -0.2) is 0 Å². The molecule has 0 radical (unpaired) electrons. The summed E-state index contributed by atoms with van der Waals surface area (Å²) in [5.41, 5.74) is 1.07. The molecular formula is C28H23ClN2O5. The first-order chi connectivity index (χ1) is 17.4. The van der Waals surface area contributed by atoms with Crippen LogP contribution in [-0.4, -0.2) is 30.2 Å². The monoisotopic (exact) mass is 502 g/mol. The van der Waals surface area contributed by atoms with Gasteiger partial charge < -0.3 is 9.64 Å². The molecule has 2 bridgehead atoms. The lowest BCUT2D eigenvalue weighted by Crippen LogP contribution is -2.40. The van der Waals surface area contributed by atoms with Gasteiger partial charge in [-0.1, -0.05) is 35.9 Å². The lowest BCUT2D eigenvalue weighted by molar-refractivity contribution is -0.139. The van der Waals surface area contributed by atoms with E-state index in [4.69, 9.17) is 16.3 Å². The Labute approximate surface area is 212 Å². The van der Waals surface area contributed by atoms with Crippen LogP contribution in [0.4, 0.5) is 11.4 Å². The van der Waals surface area contributed by atoms with Gasteiger partial charge in [0.2, 0.25) is 17.7 Å². The normalized spacial score (nSPS) is 33.7. The van der Waals surface area contributed by atoms with Crippen LogP contribution < -0.4 is 14.5 Å². The van der Waals surface area contributed by atoms with E-state index in [9.17, 15) is 19.2 Å². The fraction of sp³-hybridized carbons (Fsp3) is 0.357. The van der Waals surface area contributed by atoms with Crippen LogP contribution in [0, 0.1) is 41.4 Å². The number of para-hydroxylation sites is 1. The zero-order valence-electron chi connectivity index (χ0n) is 19.2. The molecular weight excluding hydrogens is 480 g/mol. The minimum atomic E-state index is -0.618. The second kappa shape index (κ2) is 7.77. The molecule has 2 saturated heterocycles. The summed E-state index contributed by atoms with van der Waals surface area (Å²) in [6.07, 6.45) is 5.47. The smallest absolute Gasteiger partial charge is 0.316 e. The Morgan fingerprint density at radius 3 is 2.17 bits per heavy atom. The SMILES string of the molecule is O=C(Oc1ccc(N2C(=O)[C@@H]3[C@H]4C=C[C@@H]([C@@H]5C[C@H]45)[C@@H]3C2=O)cc1)[C@@H]1CC(=O)N(c2ccccc2Cl)C1. The maximum absolute atomic E-state index is 13.3. The molecule has 0 spiro atoms. The van der Waals surface area contributed by atoms with E-state index in [1.54, 1.807) is 48.5 Å². The maximum Gasteiger partial charge on any atom is 0.316 e. The first-order valence-corrected chi connectivity index (χ1v) is 12.7. The topological polar surface area (TPSA) is 84.0 Å². The van der Waals surface area contributed by atoms with Crippen LogP contribution in [0.2, 0.25) is 5.02 Å². The van der Waals surface area contributed by atoms with Crippen molar-refractivity contribution in [3.8, 4) is 5.75 Å². The number of nitrogens with zero attached hydrogens (tertiary/aromatic N) is 2. The van der Waals surface area contributed by atoms with Crippen LogP contribution in [0.1, 0.15) is 12.8 Å². The first-order valence-electron chi connectivity index (χ1n) is 12.3. The van der Waals surface area contributed by atoms with Crippen molar-refractivity contribution in [3.63, 3.8) is 0 Å². The number of anilines is 2. The van der Waals surface area contributed by atoms with Gasteiger partial charge in [-0.15, -0.1) is 0 Å². The van der Waals surface area contributed by atoms with Crippen molar-refractivity contribution in [1.82, 2.24) is 0 Å². The number of imide groups is 1. The predicted octanol–water partition coefficient (Wildman–Crippen LogP) is 3.86. The average molecular weight is 503 g/mol. The number of ether oxygens (including phenoxy) is 1. The quantitative estimate of drug-likeness (QED) is 0.274. The van der Waals surface area contributed by atoms with Crippen molar-refractivity contribution in [3.05, 3.63) is 65.7 Å². The number of allylic oxidation sites excluding steroid dienone is 2. The van der Waals surface area contributed by atoms with Crippen LogP contribution in [0.3, 0.4) is 0 Å². The van der Waals surface area contributed by atoms with Gasteiger partial charge in [0.25, 0.3) is 0 Å². The molecule has 182 valence electrons. The third kappa shape index (κ3) is 3.11. The van der Waals surface area contributed by atoms with Crippen LogP contribution in [0.25, 0.3) is 0 Å². The molecule has 0 N–H and O–H groups in total. The van der Waals surface area contributed by atoms with Gasteiger partial charge in [0.15, 0.2) is 0 Å². The highest BCUT2D eigenvalue weighted by Gasteiger charge is 2.67. The second-order valence-corrected chi connectivity index (χ2v) is 10.8. The van der Waals surface area contributed by atoms with Gasteiger partial charge in [0.1, 0.15) is 5.75 Å². The van der Waals surface area contributed by atoms with E-state index >= 15 is 0 Å². The first kappa shape index (κ1) is 21.8. The van der Waals surface area contributed by atoms with Crippen molar-refractivity contribution >= 4 is 46.7 Å². The highest BCUT2D eigenvalue weighted by atomic mass is 35.5. The molecule has 8 rings (SSSR count). The minimum Gasteiger partial charge on any atom is -0.426 e.